The molecule has 2 N–H and O–H groups in total. The van der Waals surface area contributed by atoms with Gasteiger partial charge in [0.25, 0.3) is 0 Å². The number of nitrogens with zero attached hydrogens (tertiary/aromatic N) is 2. The molecule has 1 aliphatic rings. The summed E-state index contributed by atoms with van der Waals surface area (Å²) < 4.78 is 61.7. The Kier molecular flexibility index (Phi) is 6.05. The number of nitrogens with two attached hydrogens (primary N) is 1. The summed E-state index contributed by atoms with van der Waals surface area (Å²) in [4.78, 5) is -0.0375. The molecule has 33 heavy (non-hydrogen) atoms. The molecule has 0 aromatic heterocycles. The van der Waals surface area contributed by atoms with Crippen molar-refractivity contribution in [1.29, 1.82) is 0 Å². The van der Waals surface area contributed by atoms with Gasteiger partial charge in [0.1, 0.15) is 11.6 Å². The minimum Gasteiger partial charge on any atom is -0.493 e. The van der Waals surface area contributed by atoms with Gasteiger partial charge in [-0.25, -0.2) is 22.3 Å². The Morgan fingerprint density at radius 1 is 0.939 bits per heavy atom. The fraction of sp³-hybridized carbons (Fsp3) is 0.174. The lowest BCUT2D eigenvalue weighted by Crippen LogP contribution is -2.19. The van der Waals surface area contributed by atoms with Gasteiger partial charge >= 0.3 is 0 Å². The molecule has 1 atom stereocenters. The molecule has 3 aromatic carbocycles. The van der Waals surface area contributed by atoms with Crippen LogP contribution < -0.4 is 19.6 Å². The summed E-state index contributed by atoms with van der Waals surface area (Å²) in [6.07, 6.45) is 0.343. The first kappa shape index (κ1) is 22.7. The first-order valence-electron chi connectivity index (χ1n) is 9.87. The topological polar surface area (TPSA) is 94.2 Å². The molecule has 0 saturated heterocycles. The van der Waals surface area contributed by atoms with E-state index in [0.29, 0.717) is 34.9 Å². The zero-order valence-corrected chi connectivity index (χ0v) is 18.6. The average Bonchev–Trinajstić information content (AvgIpc) is 3.23. The van der Waals surface area contributed by atoms with E-state index in [1.54, 1.807) is 29.3 Å². The van der Waals surface area contributed by atoms with E-state index < -0.39 is 21.7 Å². The first-order valence-corrected chi connectivity index (χ1v) is 11.4. The second kappa shape index (κ2) is 8.80. The lowest BCUT2D eigenvalue weighted by Gasteiger charge is -2.24. The summed E-state index contributed by atoms with van der Waals surface area (Å²) in [5.41, 5.74) is 2.19. The van der Waals surface area contributed by atoms with Crippen molar-refractivity contribution in [2.24, 2.45) is 10.2 Å². The van der Waals surface area contributed by atoms with Gasteiger partial charge in [-0.2, -0.15) is 5.10 Å². The second-order valence-electron chi connectivity index (χ2n) is 7.42. The Morgan fingerprint density at radius 2 is 1.58 bits per heavy atom. The second-order valence-corrected chi connectivity index (χ2v) is 8.98. The van der Waals surface area contributed by atoms with Crippen molar-refractivity contribution in [1.82, 2.24) is 0 Å². The van der Waals surface area contributed by atoms with Crippen molar-refractivity contribution in [2.75, 3.05) is 19.2 Å². The predicted molar refractivity (Wildman–Crippen MR) is 120 cm³/mol. The SMILES string of the molecule is COc1ccc(C2CC(c3cc(F)cc(F)c3)=NN2c2ccc(S(N)(=O)=O)cc2)cc1OC. The van der Waals surface area contributed by atoms with Crippen molar-refractivity contribution in [3.63, 3.8) is 0 Å². The molecule has 172 valence electrons. The van der Waals surface area contributed by atoms with Gasteiger partial charge in [-0.05, 0) is 54.1 Å². The number of hydrogen-bond donors (Lipinski definition) is 1. The molecule has 1 heterocycles. The highest BCUT2D eigenvalue weighted by molar-refractivity contribution is 7.89. The van der Waals surface area contributed by atoms with Gasteiger partial charge in [-0.15, -0.1) is 0 Å². The Balaban J connectivity index is 1.79. The third-order valence-corrected chi connectivity index (χ3v) is 6.26. The van der Waals surface area contributed by atoms with Gasteiger partial charge in [-0.1, -0.05) is 6.07 Å². The lowest BCUT2D eigenvalue weighted by atomic mass is 9.97. The largest absolute Gasteiger partial charge is 0.493 e. The zero-order chi connectivity index (χ0) is 23.8. The van der Waals surface area contributed by atoms with Crippen molar-refractivity contribution in [2.45, 2.75) is 17.4 Å². The quantitative estimate of drug-likeness (QED) is 0.584. The monoisotopic (exact) mass is 473 g/mol. The molecular weight excluding hydrogens is 452 g/mol. The maximum absolute atomic E-state index is 13.9. The van der Waals surface area contributed by atoms with Gasteiger partial charge < -0.3 is 9.47 Å². The lowest BCUT2D eigenvalue weighted by molar-refractivity contribution is 0.354. The van der Waals surface area contributed by atoms with E-state index in [1.807, 2.05) is 6.07 Å². The highest BCUT2D eigenvalue weighted by Crippen LogP contribution is 2.40. The van der Waals surface area contributed by atoms with Crippen LogP contribution in [0.3, 0.4) is 0 Å². The average molecular weight is 474 g/mol. The zero-order valence-electron chi connectivity index (χ0n) is 17.8. The van der Waals surface area contributed by atoms with Gasteiger partial charge in [-0.3, -0.25) is 5.01 Å². The third-order valence-electron chi connectivity index (χ3n) is 5.33. The Hall–Kier alpha value is -3.50. The molecule has 4 rings (SSSR count). The maximum atomic E-state index is 13.9. The molecule has 0 saturated carbocycles. The van der Waals surface area contributed by atoms with Crippen LogP contribution in [0.2, 0.25) is 0 Å². The van der Waals surface area contributed by atoms with E-state index >= 15 is 0 Å². The molecule has 1 unspecified atom stereocenters. The van der Waals surface area contributed by atoms with E-state index in [2.05, 4.69) is 5.10 Å². The van der Waals surface area contributed by atoms with E-state index in [0.717, 1.165) is 11.6 Å². The molecule has 0 aliphatic carbocycles. The summed E-state index contributed by atoms with van der Waals surface area (Å²) in [7, 11) is -0.798. The fourth-order valence-corrected chi connectivity index (χ4v) is 4.27. The van der Waals surface area contributed by atoms with Crippen LogP contribution in [-0.4, -0.2) is 28.3 Å². The number of primary sulfonamides is 1. The van der Waals surface area contributed by atoms with Crippen LogP contribution in [0.5, 0.6) is 11.5 Å². The fourth-order valence-electron chi connectivity index (χ4n) is 3.75. The van der Waals surface area contributed by atoms with E-state index in [4.69, 9.17) is 14.6 Å². The van der Waals surface area contributed by atoms with Crippen molar-refractivity contribution < 1.29 is 26.7 Å². The molecule has 1 aliphatic heterocycles. The third kappa shape index (κ3) is 4.67. The predicted octanol–water partition coefficient (Wildman–Crippen LogP) is 3.99. The van der Waals surface area contributed by atoms with Gasteiger partial charge in [0.2, 0.25) is 10.0 Å². The Morgan fingerprint density at radius 3 is 2.15 bits per heavy atom. The van der Waals surface area contributed by atoms with Gasteiger partial charge in [0, 0.05) is 18.1 Å². The number of hydrogen-bond acceptors (Lipinski definition) is 6. The summed E-state index contributed by atoms with van der Waals surface area (Å²) in [5.74, 6) is -0.334. The maximum Gasteiger partial charge on any atom is 0.238 e. The van der Waals surface area contributed by atoms with Crippen molar-refractivity contribution in [3.8, 4) is 11.5 Å². The molecule has 0 amide bonds. The van der Waals surface area contributed by atoms with Crippen LogP contribution in [0.15, 0.2) is 70.7 Å². The number of anilines is 1. The number of hydrazone groups is 1. The number of rotatable bonds is 6. The van der Waals surface area contributed by atoms with E-state index in [9.17, 15) is 17.2 Å². The van der Waals surface area contributed by atoms with Crippen LogP contribution in [0.4, 0.5) is 14.5 Å². The summed E-state index contributed by atoms with van der Waals surface area (Å²) in [6.45, 7) is 0. The van der Waals surface area contributed by atoms with Crippen LogP contribution in [0.1, 0.15) is 23.6 Å². The van der Waals surface area contributed by atoms with Gasteiger partial charge in [0.05, 0.1) is 36.6 Å². The summed E-state index contributed by atoms with van der Waals surface area (Å²) >= 11 is 0. The van der Waals surface area contributed by atoms with Crippen LogP contribution in [0.25, 0.3) is 0 Å². The summed E-state index contributed by atoms with van der Waals surface area (Å²) in [5, 5.41) is 11.5. The molecule has 0 spiro atoms. The molecule has 7 nitrogen and oxygen atoms in total. The van der Waals surface area contributed by atoms with Crippen molar-refractivity contribution in [3.05, 3.63) is 83.4 Å². The Labute approximate surface area is 190 Å². The smallest absolute Gasteiger partial charge is 0.238 e. The number of methoxy groups -OCH3 is 2. The Bertz CT molecular complexity index is 1310. The van der Waals surface area contributed by atoms with E-state index in [-0.39, 0.29) is 10.9 Å². The van der Waals surface area contributed by atoms with Crippen LogP contribution in [0, 0.1) is 11.6 Å². The highest BCUT2D eigenvalue weighted by Gasteiger charge is 2.31. The van der Waals surface area contributed by atoms with Crippen LogP contribution >= 0.6 is 0 Å². The van der Waals surface area contributed by atoms with Crippen molar-refractivity contribution >= 4 is 21.4 Å². The molecule has 0 fully saturated rings. The van der Waals surface area contributed by atoms with Crippen LogP contribution in [-0.2, 0) is 10.0 Å². The number of benzene rings is 3. The standard InChI is InChI=1S/C23H21F2N3O4S/c1-31-22-8-3-14(11-23(22)32-2)21-13-20(15-9-16(24)12-17(25)10-15)27-28(21)18-4-6-19(7-5-18)33(26,29)30/h3-12,21H,13H2,1-2H3,(H2,26,29,30). The van der Waals surface area contributed by atoms with E-state index in [1.165, 1.54) is 38.5 Å². The minimum atomic E-state index is -3.86. The molecule has 0 bridgehead atoms. The normalized spacial score (nSPS) is 16.0. The summed E-state index contributed by atoms with van der Waals surface area (Å²) in [6, 6.07) is 14.2. The molecular formula is C23H21F2N3O4S. The number of sulfonamides is 1. The molecule has 0 radical (unpaired) electrons. The molecule has 10 heteroatoms. The highest BCUT2D eigenvalue weighted by atomic mass is 32.2. The first-order chi connectivity index (χ1) is 15.7. The minimum absolute atomic E-state index is 0.0375. The number of halogens is 2. The van der Waals surface area contributed by atoms with Gasteiger partial charge in [0.15, 0.2) is 11.5 Å². The number of ether oxygens (including phenoxy) is 2. The molecule has 3 aromatic rings.